The summed E-state index contributed by atoms with van der Waals surface area (Å²) in [4.78, 5) is 15.1. The van der Waals surface area contributed by atoms with Crippen LogP contribution in [-0.4, -0.2) is 42.6 Å². The summed E-state index contributed by atoms with van der Waals surface area (Å²) >= 11 is 3.49. The molecule has 1 aromatic carbocycles. The third kappa shape index (κ3) is 5.21. The fourth-order valence-corrected chi connectivity index (χ4v) is 3.47. The van der Waals surface area contributed by atoms with E-state index in [9.17, 15) is 4.79 Å². The lowest BCUT2D eigenvalue weighted by Crippen LogP contribution is -2.46. The molecule has 1 saturated heterocycles. The number of nitrogens with one attached hydrogen (secondary N) is 1. The maximum atomic E-state index is 13.1. The van der Waals surface area contributed by atoms with Crippen molar-refractivity contribution in [3.05, 3.63) is 28.2 Å². The molecule has 1 fully saturated rings. The summed E-state index contributed by atoms with van der Waals surface area (Å²) in [6, 6.07) is 5.99. The number of ether oxygens (including phenoxy) is 1. The Morgan fingerprint density at radius 1 is 1.35 bits per heavy atom. The van der Waals surface area contributed by atoms with Crippen LogP contribution in [0, 0.1) is 0 Å². The third-order valence-corrected chi connectivity index (χ3v) is 4.42. The van der Waals surface area contributed by atoms with E-state index in [0.717, 1.165) is 49.1 Å². The molecule has 1 aliphatic rings. The van der Waals surface area contributed by atoms with Crippen molar-refractivity contribution >= 4 is 21.8 Å². The molecule has 0 unspecified atom stereocenters. The number of rotatable bonds is 6. The minimum absolute atomic E-state index is 0.0865. The normalized spacial score (nSPS) is 15.7. The molecular weight excluding hydrogens is 356 g/mol. The van der Waals surface area contributed by atoms with Gasteiger partial charge in [-0.2, -0.15) is 0 Å². The van der Waals surface area contributed by atoms with Gasteiger partial charge in [0, 0.05) is 22.6 Å². The highest BCUT2D eigenvalue weighted by Gasteiger charge is 2.26. The monoisotopic (exact) mass is 382 g/mol. The van der Waals surface area contributed by atoms with Crippen LogP contribution in [0.15, 0.2) is 22.7 Å². The Morgan fingerprint density at radius 3 is 2.65 bits per heavy atom. The van der Waals surface area contributed by atoms with E-state index in [1.54, 1.807) is 0 Å². The Kier molecular flexibility index (Phi) is 6.90. The number of nitrogens with zero attached hydrogens (tertiary/aromatic N) is 1. The van der Waals surface area contributed by atoms with Crippen LogP contribution in [0.5, 0.6) is 5.75 Å². The van der Waals surface area contributed by atoms with Gasteiger partial charge in [-0.3, -0.25) is 4.79 Å². The van der Waals surface area contributed by atoms with E-state index in [2.05, 4.69) is 28.2 Å². The quantitative estimate of drug-likeness (QED) is 0.812. The summed E-state index contributed by atoms with van der Waals surface area (Å²) in [5, 5.41) is 3.36. The molecular formula is C18H27BrN2O2. The Balaban J connectivity index is 2.22. The summed E-state index contributed by atoms with van der Waals surface area (Å²) < 4.78 is 6.64. The van der Waals surface area contributed by atoms with E-state index in [1.807, 2.05) is 36.9 Å². The van der Waals surface area contributed by atoms with Gasteiger partial charge in [-0.1, -0.05) is 22.9 Å². The molecule has 0 radical (unpaired) electrons. The molecule has 2 rings (SSSR count). The first-order valence-corrected chi connectivity index (χ1v) is 9.29. The Morgan fingerprint density at radius 2 is 2.04 bits per heavy atom. The molecule has 0 atom stereocenters. The summed E-state index contributed by atoms with van der Waals surface area (Å²) in [5.74, 6) is 0.841. The zero-order chi connectivity index (χ0) is 16.8. The SMILES string of the molecule is CCCN(C(=O)c1cc(Br)cc(OC(C)C)c1)C1CCNCC1. The van der Waals surface area contributed by atoms with Crippen molar-refractivity contribution in [2.75, 3.05) is 19.6 Å². The molecule has 0 bridgehead atoms. The summed E-state index contributed by atoms with van der Waals surface area (Å²) in [5.41, 5.74) is 0.696. The Labute approximate surface area is 147 Å². The minimum atomic E-state index is 0.0865. The molecule has 1 N–H and O–H groups in total. The molecule has 0 aliphatic carbocycles. The summed E-state index contributed by atoms with van der Waals surface area (Å²) in [6.07, 6.45) is 3.10. The molecule has 1 aliphatic heterocycles. The van der Waals surface area contributed by atoms with Crippen molar-refractivity contribution in [3.63, 3.8) is 0 Å². The van der Waals surface area contributed by atoms with Crippen LogP contribution >= 0.6 is 15.9 Å². The van der Waals surface area contributed by atoms with E-state index < -0.39 is 0 Å². The second kappa shape index (κ2) is 8.69. The molecule has 4 nitrogen and oxygen atoms in total. The van der Waals surface area contributed by atoms with Crippen LogP contribution in [0.25, 0.3) is 0 Å². The van der Waals surface area contributed by atoms with Gasteiger partial charge in [0.2, 0.25) is 0 Å². The number of hydrogen-bond donors (Lipinski definition) is 1. The van der Waals surface area contributed by atoms with Crippen LogP contribution in [-0.2, 0) is 0 Å². The number of carbonyl (C=O) groups is 1. The lowest BCUT2D eigenvalue weighted by Gasteiger charge is -2.34. The van der Waals surface area contributed by atoms with E-state index >= 15 is 0 Å². The van der Waals surface area contributed by atoms with Gasteiger partial charge in [-0.25, -0.2) is 0 Å². The van der Waals surface area contributed by atoms with Crippen LogP contribution in [0.1, 0.15) is 50.4 Å². The number of piperidine rings is 1. The maximum absolute atomic E-state index is 13.1. The zero-order valence-electron chi connectivity index (χ0n) is 14.3. The second-order valence-corrected chi connectivity index (χ2v) is 7.24. The number of amides is 1. The molecule has 1 aromatic rings. The Hall–Kier alpha value is -1.07. The average Bonchev–Trinajstić information content (AvgIpc) is 2.51. The lowest BCUT2D eigenvalue weighted by molar-refractivity contribution is 0.0642. The first-order chi connectivity index (χ1) is 11.0. The zero-order valence-corrected chi connectivity index (χ0v) is 15.9. The van der Waals surface area contributed by atoms with Gasteiger partial charge in [-0.05, 0) is 64.4 Å². The predicted octanol–water partition coefficient (Wildman–Crippen LogP) is 3.84. The van der Waals surface area contributed by atoms with Crippen molar-refractivity contribution in [1.29, 1.82) is 0 Å². The number of benzene rings is 1. The topological polar surface area (TPSA) is 41.6 Å². The highest BCUT2D eigenvalue weighted by molar-refractivity contribution is 9.10. The van der Waals surface area contributed by atoms with Crippen molar-refractivity contribution in [2.24, 2.45) is 0 Å². The lowest BCUT2D eigenvalue weighted by atomic mass is 10.0. The van der Waals surface area contributed by atoms with Crippen molar-refractivity contribution in [3.8, 4) is 5.75 Å². The van der Waals surface area contributed by atoms with Gasteiger partial charge in [0.25, 0.3) is 5.91 Å². The molecule has 128 valence electrons. The largest absolute Gasteiger partial charge is 0.491 e. The number of carbonyl (C=O) groups excluding carboxylic acids is 1. The number of hydrogen-bond acceptors (Lipinski definition) is 3. The van der Waals surface area contributed by atoms with Gasteiger partial charge in [-0.15, -0.1) is 0 Å². The van der Waals surface area contributed by atoms with Gasteiger partial charge >= 0.3 is 0 Å². The molecule has 0 aromatic heterocycles. The standard InChI is InChI=1S/C18H27BrN2O2/c1-4-9-21(16-5-7-20-8-6-16)18(22)14-10-15(19)12-17(11-14)23-13(2)3/h10-13,16,20H,4-9H2,1-3H3. The van der Waals surface area contributed by atoms with E-state index in [4.69, 9.17) is 4.74 Å². The van der Waals surface area contributed by atoms with Crippen molar-refractivity contribution in [1.82, 2.24) is 10.2 Å². The third-order valence-electron chi connectivity index (χ3n) is 3.96. The van der Waals surface area contributed by atoms with Crippen LogP contribution in [0.3, 0.4) is 0 Å². The maximum Gasteiger partial charge on any atom is 0.254 e. The van der Waals surface area contributed by atoms with Gasteiger partial charge < -0.3 is 15.0 Å². The number of halogens is 1. The molecule has 0 saturated carbocycles. The van der Waals surface area contributed by atoms with Gasteiger partial charge in [0.15, 0.2) is 0 Å². The predicted molar refractivity (Wildman–Crippen MR) is 97.1 cm³/mol. The van der Waals surface area contributed by atoms with E-state index in [-0.39, 0.29) is 12.0 Å². The van der Waals surface area contributed by atoms with Crippen LogP contribution in [0.4, 0.5) is 0 Å². The van der Waals surface area contributed by atoms with Gasteiger partial charge in [0.1, 0.15) is 5.75 Å². The Bertz CT molecular complexity index is 528. The molecule has 1 heterocycles. The smallest absolute Gasteiger partial charge is 0.254 e. The molecule has 0 spiro atoms. The van der Waals surface area contributed by atoms with Gasteiger partial charge in [0.05, 0.1) is 6.10 Å². The fraction of sp³-hybridized carbons (Fsp3) is 0.611. The van der Waals surface area contributed by atoms with E-state index in [1.165, 1.54) is 0 Å². The van der Waals surface area contributed by atoms with Crippen molar-refractivity contribution < 1.29 is 9.53 Å². The molecule has 5 heteroatoms. The first kappa shape index (κ1) is 18.3. The van der Waals surface area contributed by atoms with Crippen molar-refractivity contribution in [2.45, 2.75) is 52.2 Å². The first-order valence-electron chi connectivity index (χ1n) is 8.50. The fourth-order valence-electron chi connectivity index (χ4n) is 3.00. The minimum Gasteiger partial charge on any atom is -0.491 e. The summed E-state index contributed by atoms with van der Waals surface area (Å²) in [7, 11) is 0. The molecule has 1 amide bonds. The van der Waals surface area contributed by atoms with Crippen LogP contribution < -0.4 is 10.1 Å². The van der Waals surface area contributed by atoms with E-state index in [0.29, 0.717) is 11.6 Å². The highest BCUT2D eigenvalue weighted by Crippen LogP contribution is 2.25. The average molecular weight is 383 g/mol. The molecule has 23 heavy (non-hydrogen) atoms. The summed E-state index contributed by atoms with van der Waals surface area (Å²) in [6.45, 7) is 8.87. The highest BCUT2D eigenvalue weighted by atomic mass is 79.9. The second-order valence-electron chi connectivity index (χ2n) is 6.32. The van der Waals surface area contributed by atoms with Crippen LogP contribution in [0.2, 0.25) is 0 Å².